The van der Waals surface area contributed by atoms with Crippen LogP contribution >= 0.6 is 0 Å². The molecule has 24 heavy (non-hydrogen) atoms. The Labute approximate surface area is 146 Å². The standard InChI is InChI=1S/C21H31FO2/c1-17(2)24-21(23)14-13-20(5)16-19(4)12-9-11-18(3)10-7-6-8-15-22/h9-14,16-17H,6-8,15H2,1-5H3/b11-9+,14-13+,18-10+,19-12+,20-16+. The number of ether oxygens (including phenoxy) is 1. The summed E-state index contributed by atoms with van der Waals surface area (Å²) >= 11 is 0. The molecular weight excluding hydrogens is 303 g/mol. The summed E-state index contributed by atoms with van der Waals surface area (Å²) < 4.78 is 17.0. The number of alkyl halides is 1. The van der Waals surface area contributed by atoms with Crippen molar-refractivity contribution in [3.63, 3.8) is 0 Å². The van der Waals surface area contributed by atoms with Crippen molar-refractivity contribution in [1.29, 1.82) is 0 Å². The molecule has 0 aliphatic carbocycles. The molecule has 0 unspecified atom stereocenters. The Morgan fingerprint density at radius 2 is 1.71 bits per heavy atom. The lowest BCUT2D eigenvalue weighted by molar-refractivity contribution is -0.141. The molecule has 0 saturated heterocycles. The molecule has 0 saturated carbocycles. The molecule has 2 nitrogen and oxygen atoms in total. The zero-order valence-electron chi connectivity index (χ0n) is 15.6. The molecule has 0 rings (SSSR count). The third-order valence-corrected chi connectivity index (χ3v) is 3.06. The number of hydrogen-bond donors (Lipinski definition) is 0. The van der Waals surface area contributed by atoms with Gasteiger partial charge in [0, 0.05) is 6.08 Å². The first-order valence-corrected chi connectivity index (χ1v) is 8.49. The van der Waals surface area contributed by atoms with Crippen LogP contribution in [0.3, 0.4) is 0 Å². The largest absolute Gasteiger partial charge is 0.460 e. The molecule has 0 atom stereocenters. The molecule has 0 aliphatic heterocycles. The lowest BCUT2D eigenvalue weighted by atomic mass is 10.1. The Kier molecular flexibility index (Phi) is 12.5. The van der Waals surface area contributed by atoms with Crippen LogP contribution in [0.25, 0.3) is 0 Å². The minimum atomic E-state index is -0.326. The van der Waals surface area contributed by atoms with Crippen LogP contribution < -0.4 is 0 Å². The average molecular weight is 334 g/mol. The van der Waals surface area contributed by atoms with Crippen LogP contribution in [0.1, 0.15) is 53.9 Å². The highest BCUT2D eigenvalue weighted by molar-refractivity contribution is 5.82. The van der Waals surface area contributed by atoms with Gasteiger partial charge in [-0.25, -0.2) is 4.79 Å². The van der Waals surface area contributed by atoms with E-state index < -0.39 is 0 Å². The molecule has 0 aromatic carbocycles. The number of hydrogen-bond acceptors (Lipinski definition) is 2. The third-order valence-electron chi connectivity index (χ3n) is 3.06. The molecule has 0 amide bonds. The van der Waals surface area contributed by atoms with Crippen molar-refractivity contribution in [2.75, 3.05) is 6.67 Å². The average Bonchev–Trinajstić information content (AvgIpc) is 2.49. The van der Waals surface area contributed by atoms with Gasteiger partial charge in [-0.1, -0.05) is 53.2 Å². The maximum atomic E-state index is 12.0. The summed E-state index contributed by atoms with van der Waals surface area (Å²) in [5, 5.41) is 0. The lowest BCUT2D eigenvalue weighted by Gasteiger charge is -2.03. The number of carbonyl (C=O) groups is 1. The number of halogens is 1. The van der Waals surface area contributed by atoms with E-state index in [1.165, 1.54) is 11.6 Å². The van der Waals surface area contributed by atoms with Crippen molar-refractivity contribution in [3.05, 3.63) is 59.3 Å². The molecule has 0 radical (unpaired) electrons. The predicted molar refractivity (Wildman–Crippen MR) is 101 cm³/mol. The van der Waals surface area contributed by atoms with E-state index >= 15 is 0 Å². The maximum absolute atomic E-state index is 12.0. The number of rotatable bonds is 10. The molecule has 0 aromatic heterocycles. The summed E-state index contributed by atoms with van der Waals surface area (Å²) in [5.74, 6) is -0.326. The van der Waals surface area contributed by atoms with Crippen LogP contribution in [-0.2, 0) is 9.53 Å². The van der Waals surface area contributed by atoms with Crippen LogP contribution in [-0.4, -0.2) is 18.7 Å². The lowest BCUT2D eigenvalue weighted by Crippen LogP contribution is -2.08. The van der Waals surface area contributed by atoms with Crippen molar-refractivity contribution >= 4 is 5.97 Å². The van der Waals surface area contributed by atoms with Gasteiger partial charge >= 0.3 is 5.97 Å². The Hall–Kier alpha value is -1.90. The van der Waals surface area contributed by atoms with Gasteiger partial charge < -0.3 is 4.74 Å². The fraction of sp³-hybridized carbons (Fsp3) is 0.476. The minimum Gasteiger partial charge on any atom is -0.460 e. The predicted octanol–water partition coefficient (Wildman–Crippen LogP) is 6.03. The van der Waals surface area contributed by atoms with Crippen LogP contribution in [0.2, 0.25) is 0 Å². The van der Waals surface area contributed by atoms with Gasteiger partial charge in [0.1, 0.15) is 0 Å². The SMILES string of the molecule is CC(=C\C=C\C(C)=C\CCCCF)/C=C(C)/C=C/C(=O)OC(C)C. The van der Waals surface area contributed by atoms with Gasteiger partial charge in [0.15, 0.2) is 0 Å². The van der Waals surface area contributed by atoms with Gasteiger partial charge in [0.25, 0.3) is 0 Å². The second-order valence-electron chi connectivity index (χ2n) is 6.11. The van der Waals surface area contributed by atoms with Crippen molar-refractivity contribution < 1.29 is 13.9 Å². The molecule has 0 heterocycles. The summed E-state index contributed by atoms with van der Waals surface area (Å²) in [5.41, 5.74) is 3.25. The summed E-state index contributed by atoms with van der Waals surface area (Å²) in [6, 6.07) is 0. The first-order valence-electron chi connectivity index (χ1n) is 8.49. The minimum absolute atomic E-state index is 0.105. The van der Waals surface area contributed by atoms with Gasteiger partial charge in [0.05, 0.1) is 12.8 Å². The molecular formula is C21H31FO2. The van der Waals surface area contributed by atoms with Crippen molar-refractivity contribution in [2.45, 2.75) is 60.0 Å². The van der Waals surface area contributed by atoms with Gasteiger partial charge in [0.2, 0.25) is 0 Å². The fourth-order valence-electron chi connectivity index (χ4n) is 1.91. The van der Waals surface area contributed by atoms with E-state index in [0.29, 0.717) is 6.42 Å². The monoisotopic (exact) mass is 334 g/mol. The highest BCUT2D eigenvalue weighted by Crippen LogP contribution is 2.06. The van der Waals surface area contributed by atoms with Gasteiger partial charge in [-0.2, -0.15) is 0 Å². The first-order chi connectivity index (χ1) is 11.3. The smallest absolute Gasteiger partial charge is 0.331 e. The highest BCUT2D eigenvalue weighted by atomic mass is 19.1. The van der Waals surface area contributed by atoms with E-state index in [9.17, 15) is 9.18 Å². The third kappa shape index (κ3) is 13.7. The zero-order valence-corrected chi connectivity index (χ0v) is 15.6. The Balaban J connectivity index is 4.48. The highest BCUT2D eigenvalue weighted by Gasteiger charge is 1.99. The molecule has 0 spiro atoms. The number of allylic oxidation sites excluding steroid dienone is 9. The number of unbranched alkanes of at least 4 members (excludes halogenated alkanes) is 2. The summed E-state index contributed by atoms with van der Waals surface area (Å²) in [6.45, 7) is 9.40. The zero-order chi connectivity index (χ0) is 18.4. The fourth-order valence-corrected chi connectivity index (χ4v) is 1.91. The van der Waals surface area contributed by atoms with E-state index in [1.807, 2.05) is 58.9 Å². The number of esters is 1. The summed E-state index contributed by atoms with van der Waals surface area (Å²) in [6.07, 6.45) is 15.7. The van der Waals surface area contributed by atoms with Gasteiger partial charge in [-0.3, -0.25) is 4.39 Å². The number of carbonyl (C=O) groups excluding carboxylic acids is 1. The quantitative estimate of drug-likeness (QED) is 0.211. The Bertz CT molecular complexity index is 520. The van der Waals surface area contributed by atoms with Crippen LogP contribution in [0.15, 0.2) is 59.3 Å². The molecule has 0 N–H and O–H groups in total. The van der Waals surface area contributed by atoms with Crippen molar-refractivity contribution in [3.8, 4) is 0 Å². The van der Waals surface area contributed by atoms with E-state index in [4.69, 9.17) is 4.74 Å². The summed E-state index contributed by atoms with van der Waals surface area (Å²) in [4.78, 5) is 11.4. The van der Waals surface area contributed by atoms with Crippen LogP contribution in [0.4, 0.5) is 4.39 Å². The molecule has 0 fully saturated rings. The molecule has 0 aromatic rings. The first kappa shape index (κ1) is 22.1. The molecule has 3 heteroatoms. The topological polar surface area (TPSA) is 26.3 Å². The van der Waals surface area contributed by atoms with E-state index in [0.717, 1.165) is 24.0 Å². The van der Waals surface area contributed by atoms with Crippen molar-refractivity contribution in [2.24, 2.45) is 0 Å². The molecule has 0 bridgehead atoms. The second-order valence-corrected chi connectivity index (χ2v) is 6.11. The van der Waals surface area contributed by atoms with Gasteiger partial charge in [-0.15, -0.1) is 0 Å². The van der Waals surface area contributed by atoms with E-state index in [1.54, 1.807) is 6.08 Å². The van der Waals surface area contributed by atoms with E-state index in [2.05, 4.69) is 6.08 Å². The molecule has 0 aliphatic rings. The van der Waals surface area contributed by atoms with Crippen LogP contribution in [0, 0.1) is 0 Å². The van der Waals surface area contributed by atoms with Crippen molar-refractivity contribution in [1.82, 2.24) is 0 Å². The van der Waals surface area contributed by atoms with Crippen LogP contribution in [0.5, 0.6) is 0 Å². The Morgan fingerprint density at radius 1 is 1.00 bits per heavy atom. The van der Waals surface area contributed by atoms with E-state index in [-0.39, 0.29) is 18.7 Å². The summed E-state index contributed by atoms with van der Waals surface area (Å²) in [7, 11) is 0. The maximum Gasteiger partial charge on any atom is 0.331 e. The van der Waals surface area contributed by atoms with Gasteiger partial charge in [-0.05, 0) is 53.9 Å². The normalized spacial score (nSPS) is 14.2. The molecule has 134 valence electrons. The second kappa shape index (κ2) is 13.5. The Morgan fingerprint density at radius 3 is 2.33 bits per heavy atom.